The van der Waals surface area contributed by atoms with E-state index in [-0.39, 0.29) is 5.60 Å². The van der Waals surface area contributed by atoms with Crippen LogP contribution in [-0.2, 0) is 4.74 Å². The number of aliphatic hydroxyl groups is 1. The quantitative estimate of drug-likeness (QED) is 0.747. The lowest BCUT2D eigenvalue weighted by Gasteiger charge is -2.39. The largest absolute Gasteiger partial charge is 0.389 e. The minimum absolute atomic E-state index is 0.219. The van der Waals surface area contributed by atoms with Gasteiger partial charge in [-0.1, -0.05) is 31.9 Å². The summed E-state index contributed by atoms with van der Waals surface area (Å²) < 4.78 is 5.80. The smallest absolute Gasteiger partial charge is 0.0711 e. The zero-order chi connectivity index (χ0) is 12.2. The molecule has 1 saturated heterocycles. The van der Waals surface area contributed by atoms with Crippen LogP contribution in [0.25, 0.3) is 0 Å². The number of hydrogen-bond acceptors (Lipinski definition) is 2. The highest BCUT2D eigenvalue weighted by molar-refractivity contribution is 5.04. The van der Waals surface area contributed by atoms with Gasteiger partial charge in [-0.15, -0.1) is 0 Å². The molecule has 2 nitrogen and oxygen atoms in total. The summed E-state index contributed by atoms with van der Waals surface area (Å²) in [6, 6.07) is 0. The Labute approximate surface area is 99.7 Å². The highest BCUT2D eigenvalue weighted by atomic mass is 16.5. The molecule has 1 atom stereocenters. The molecule has 94 valence electrons. The van der Waals surface area contributed by atoms with Gasteiger partial charge in [0.2, 0.25) is 0 Å². The van der Waals surface area contributed by atoms with Crippen molar-refractivity contribution >= 4 is 0 Å². The molecule has 1 aliphatic rings. The Balaban J connectivity index is 2.72. The predicted octanol–water partition coefficient (Wildman–Crippen LogP) is 3.44. The summed E-state index contributed by atoms with van der Waals surface area (Å²) in [5.74, 6) is 0. The monoisotopic (exact) mass is 226 g/mol. The Hall–Kier alpha value is -0.340. The third-order valence-corrected chi connectivity index (χ3v) is 3.28. The number of ether oxygens (including phenoxy) is 1. The Kier molecular flexibility index (Phi) is 4.57. The first-order valence-electron chi connectivity index (χ1n) is 6.40. The average molecular weight is 226 g/mol. The molecule has 0 spiro atoms. The van der Waals surface area contributed by atoms with Gasteiger partial charge in [0.25, 0.3) is 0 Å². The molecule has 16 heavy (non-hydrogen) atoms. The molecule has 2 heteroatoms. The number of unbranched alkanes of at least 4 members (excludes halogenated alkanes) is 1. The van der Waals surface area contributed by atoms with Crippen LogP contribution in [0.2, 0.25) is 0 Å². The van der Waals surface area contributed by atoms with Gasteiger partial charge in [0.1, 0.15) is 0 Å². The van der Waals surface area contributed by atoms with Gasteiger partial charge < -0.3 is 9.84 Å². The van der Waals surface area contributed by atoms with Crippen molar-refractivity contribution in [2.45, 2.75) is 70.5 Å². The van der Waals surface area contributed by atoms with Crippen molar-refractivity contribution in [3.63, 3.8) is 0 Å². The van der Waals surface area contributed by atoms with E-state index in [1.54, 1.807) is 0 Å². The maximum absolute atomic E-state index is 10.7. The maximum Gasteiger partial charge on any atom is 0.0711 e. The van der Waals surface area contributed by atoms with E-state index in [1.165, 1.54) is 0 Å². The lowest BCUT2D eigenvalue weighted by molar-refractivity contribution is -0.0972. The van der Waals surface area contributed by atoms with Crippen LogP contribution in [0.3, 0.4) is 0 Å². The summed E-state index contributed by atoms with van der Waals surface area (Å²) in [6.07, 6.45) is 5.36. The van der Waals surface area contributed by atoms with Gasteiger partial charge in [0.05, 0.1) is 17.8 Å². The molecule has 0 aromatic rings. The van der Waals surface area contributed by atoms with Gasteiger partial charge in [-0.3, -0.25) is 0 Å². The van der Waals surface area contributed by atoms with Crippen molar-refractivity contribution in [2.24, 2.45) is 0 Å². The first-order chi connectivity index (χ1) is 7.37. The minimum atomic E-state index is -0.614. The number of rotatable bonds is 3. The Morgan fingerprint density at radius 3 is 2.75 bits per heavy atom. The van der Waals surface area contributed by atoms with Gasteiger partial charge in [-0.25, -0.2) is 0 Å². The summed E-state index contributed by atoms with van der Waals surface area (Å²) in [5, 5.41) is 10.7. The molecule has 0 saturated carbocycles. The van der Waals surface area contributed by atoms with Gasteiger partial charge in [-0.2, -0.15) is 0 Å². The lowest BCUT2D eigenvalue weighted by atomic mass is 9.79. The molecule has 0 aromatic heterocycles. The molecule has 0 bridgehead atoms. The standard InChI is InChI=1S/C14H26O2/c1-5-6-8-14(15)10-12(2)7-9-16-13(3,4)11-14/h15H,2,5-11H2,1,3-4H3. The topological polar surface area (TPSA) is 29.5 Å². The van der Waals surface area contributed by atoms with Crippen LogP contribution in [0, 0.1) is 0 Å². The van der Waals surface area contributed by atoms with Crippen molar-refractivity contribution in [2.75, 3.05) is 6.61 Å². The van der Waals surface area contributed by atoms with Crippen molar-refractivity contribution in [3.05, 3.63) is 12.2 Å². The summed E-state index contributed by atoms with van der Waals surface area (Å²) in [4.78, 5) is 0. The van der Waals surface area contributed by atoms with Gasteiger partial charge in [0.15, 0.2) is 0 Å². The van der Waals surface area contributed by atoms with E-state index >= 15 is 0 Å². The predicted molar refractivity (Wildman–Crippen MR) is 67.5 cm³/mol. The molecule has 1 aliphatic heterocycles. The molecule has 1 fully saturated rings. The summed E-state index contributed by atoms with van der Waals surface area (Å²) in [6.45, 7) is 11.0. The molecule has 0 aliphatic carbocycles. The van der Waals surface area contributed by atoms with E-state index < -0.39 is 5.60 Å². The molecular formula is C14H26O2. The highest BCUT2D eigenvalue weighted by Gasteiger charge is 2.36. The molecule has 1 N–H and O–H groups in total. The normalized spacial score (nSPS) is 30.9. The number of hydrogen-bond donors (Lipinski definition) is 1. The van der Waals surface area contributed by atoms with Crippen LogP contribution < -0.4 is 0 Å². The van der Waals surface area contributed by atoms with E-state index in [9.17, 15) is 5.11 Å². The average Bonchev–Trinajstić information content (AvgIpc) is 2.11. The first kappa shape index (κ1) is 13.7. The fourth-order valence-electron chi connectivity index (χ4n) is 2.61. The fourth-order valence-corrected chi connectivity index (χ4v) is 2.61. The van der Waals surface area contributed by atoms with Crippen molar-refractivity contribution < 1.29 is 9.84 Å². The second-order valence-electron chi connectivity index (χ2n) is 5.79. The molecule has 1 unspecified atom stereocenters. The second-order valence-corrected chi connectivity index (χ2v) is 5.79. The van der Waals surface area contributed by atoms with Crippen molar-refractivity contribution in [1.82, 2.24) is 0 Å². The van der Waals surface area contributed by atoms with Gasteiger partial charge in [0, 0.05) is 6.42 Å². The Morgan fingerprint density at radius 1 is 1.44 bits per heavy atom. The lowest BCUT2D eigenvalue weighted by Crippen LogP contribution is -2.41. The third kappa shape index (κ3) is 4.26. The van der Waals surface area contributed by atoms with Crippen LogP contribution in [0.4, 0.5) is 0 Å². The van der Waals surface area contributed by atoms with Crippen LogP contribution in [0.1, 0.15) is 59.3 Å². The van der Waals surface area contributed by atoms with Crippen molar-refractivity contribution in [1.29, 1.82) is 0 Å². The van der Waals surface area contributed by atoms with Crippen LogP contribution >= 0.6 is 0 Å². The molecule has 0 radical (unpaired) electrons. The van der Waals surface area contributed by atoms with E-state index in [1.807, 2.05) is 0 Å². The fraction of sp³-hybridized carbons (Fsp3) is 0.857. The molecule has 1 rings (SSSR count). The SMILES string of the molecule is C=C1CCOC(C)(C)CC(O)(CCCC)C1. The third-order valence-electron chi connectivity index (χ3n) is 3.28. The molecule has 0 aromatic carbocycles. The molecule has 0 amide bonds. The highest BCUT2D eigenvalue weighted by Crippen LogP contribution is 2.35. The summed E-state index contributed by atoms with van der Waals surface area (Å²) >= 11 is 0. The van der Waals surface area contributed by atoms with Crippen LogP contribution in [0.5, 0.6) is 0 Å². The Morgan fingerprint density at radius 2 is 2.12 bits per heavy atom. The minimum Gasteiger partial charge on any atom is -0.389 e. The summed E-state index contributed by atoms with van der Waals surface area (Å²) in [7, 11) is 0. The van der Waals surface area contributed by atoms with E-state index in [4.69, 9.17) is 4.74 Å². The zero-order valence-electron chi connectivity index (χ0n) is 11.0. The zero-order valence-corrected chi connectivity index (χ0v) is 11.0. The molecular weight excluding hydrogens is 200 g/mol. The molecule has 1 heterocycles. The Bertz CT molecular complexity index is 245. The maximum atomic E-state index is 10.7. The van der Waals surface area contributed by atoms with E-state index in [0.717, 1.165) is 44.3 Å². The van der Waals surface area contributed by atoms with Crippen LogP contribution in [0.15, 0.2) is 12.2 Å². The van der Waals surface area contributed by atoms with Crippen molar-refractivity contribution in [3.8, 4) is 0 Å². The van der Waals surface area contributed by atoms with Crippen LogP contribution in [-0.4, -0.2) is 22.9 Å². The second kappa shape index (κ2) is 5.33. The first-order valence-corrected chi connectivity index (χ1v) is 6.40. The summed E-state index contributed by atoms with van der Waals surface area (Å²) in [5.41, 5.74) is 0.286. The van der Waals surface area contributed by atoms with E-state index in [2.05, 4.69) is 27.4 Å². The van der Waals surface area contributed by atoms with Gasteiger partial charge >= 0.3 is 0 Å². The van der Waals surface area contributed by atoms with E-state index in [0.29, 0.717) is 6.42 Å². The van der Waals surface area contributed by atoms with Gasteiger partial charge in [-0.05, 0) is 33.1 Å².